The van der Waals surface area contributed by atoms with Crippen molar-refractivity contribution >= 4 is 66.7 Å². The first kappa shape index (κ1) is 109. The molecule has 0 amide bonds. The molecule has 12 nitrogen and oxygen atoms in total. The van der Waals surface area contributed by atoms with Crippen LogP contribution in [0.15, 0.2) is 217 Å². The second-order valence-electron chi connectivity index (χ2n) is 33.9. The van der Waals surface area contributed by atoms with Crippen LogP contribution in [0, 0.1) is 129 Å². The van der Waals surface area contributed by atoms with Crippen LogP contribution in [0.1, 0.15) is 178 Å². The van der Waals surface area contributed by atoms with Crippen LogP contribution >= 0.6 is 0 Å². The summed E-state index contributed by atoms with van der Waals surface area (Å²) in [6.07, 6.45) is 5.00. The molecule has 120 heavy (non-hydrogen) atoms. The number of aromatic nitrogens is 4. The summed E-state index contributed by atoms with van der Waals surface area (Å²) in [4.78, 5) is 62.0. The Kier molecular flexibility index (Phi) is 44.5. The predicted molar refractivity (Wildman–Crippen MR) is 484 cm³/mol. The first-order chi connectivity index (χ1) is 53.9. The summed E-state index contributed by atoms with van der Waals surface area (Å²) in [7, 11) is 0. The molecule has 16 heteroatoms. The molecule has 0 saturated carbocycles. The molecule has 0 unspecified atom stereocenters. The number of rotatable bonds is 8. The zero-order valence-electron chi connectivity index (χ0n) is 75.0. The molecule has 0 aliphatic heterocycles. The van der Waals surface area contributed by atoms with Gasteiger partial charge in [-0.3, -0.25) is 39.1 Å². The number of benzene rings is 8. The van der Waals surface area contributed by atoms with Gasteiger partial charge in [0.15, 0.2) is 23.1 Å². The summed E-state index contributed by atoms with van der Waals surface area (Å²) >= 11 is 0. The molecule has 0 saturated heterocycles. The van der Waals surface area contributed by atoms with Gasteiger partial charge in [0.1, 0.15) is 11.5 Å². The largest absolute Gasteiger partial charge is 0.512 e. The van der Waals surface area contributed by atoms with Gasteiger partial charge in [0.25, 0.3) is 0 Å². The second kappa shape index (κ2) is 49.1. The van der Waals surface area contributed by atoms with E-state index in [4.69, 9.17) is 30.1 Å². The van der Waals surface area contributed by atoms with Gasteiger partial charge in [-0.1, -0.05) is 234 Å². The van der Waals surface area contributed by atoms with E-state index in [1.807, 2.05) is 107 Å². The molecule has 4 N–H and O–H groups in total. The van der Waals surface area contributed by atoms with Gasteiger partial charge >= 0.3 is 0 Å². The molecule has 0 aliphatic rings. The van der Waals surface area contributed by atoms with Crippen molar-refractivity contribution in [3.63, 3.8) is 0 Å². The molecule has 0 aliphatic carbocycles. The summed E-state index contributed by atoms with van der Waals surface area (Å²) in [5, 5.41) is 40.6. The summed E-state index contributed by atoms with van der Waals surface area (Å²) in [6.45, 7) is 53.3. The molecule has 8 aromatic carbocycles. The Morgan fingerprint density at radius 1 is 0.325 bits per heavy atom. The maximum atomic E-state index is 11.5. The normalized spacial score (nSPS) is 11.4. The number of nitrogens with zero attached hydrogens (tertiary/aromatic N) is 4. The number of hydrogen-bond donors (Lipinski definition) is 4. The van der Waals surface area contributed by atoms with E-state index in [1.54, 1.807) is 0 Å². The summed E-state index contributed by atoms with van der Waals surface area (Å²) in [6, 6.07) is 71.9. The van der Waals surface area contributed by atoms with Crippen molar-refractivity contribution in [3.8, 4) is 45.0 Å². The maximum Gasteiger partial charge on any atom is 0.164 e. The average molecular weight is 2320 g/mol. The molecule has 4 aromatic heterocycles. The van der Waals surface area contributed by atoms with Gasteiger partial charge in [0, 0.05) is 126 Å². The van der Waals surface area contributed by atoms with Crippen molar-refractivity contribution in [2.24, 2.45) is 21.7 Å². The van der Waals surface area contributed by atoms with Crippen molar-refractivity contribution in [3.05, 3.63) is 308 Å². The van der Waals surface area contributed by atoms with E-state index in [0.29, 0.717) is 0 Å². The SMILES string of the molecule is CC(=O)C=C(C)O.CC(=O)C=C(C)O.CC(C)(C)C(=O)C=C(O)C(C)(C)C.CC(C)(C)C(=O)C=C(O)C(C)(C)C.Cc1cc[c-]c(-c2ccc3cc(C)ccc3n2)c1.Cc1ccc2nc(-c3[c-]c(C)c(C)c(C)c3)ccc2c1.Cc1ccc2nc(-c3[c-]cc(C)c(C)c3C)ccc2c1.Cc1ccc2nc(-c3[c-]cccc3C)ccc2c1.[Ir].[Ir].[Ir].[Ir]. The monoisotopic (exact) mass is 2320 g/mol. The van der Waals surface area contributed by atoms with E-state index in [9.17, 15) is 29.4 Å². The van der Waals surface area contributed by atoms with Gasteiger partial charge in [-0.05, 0) is 148 Å². The number of hydrogen-bond acceptors (Lipinski definition) is 12. The number of carbonyl (C=O) groups is 4. The van der Waals surface area contributed by atoms with Gasteiger partial charge in [0.05, 0.1) is 33.6 Å². The Balaban J connectivity index is 0.000000698. The number of aliphatic hydroxyl groups is 4. The Labute approximate surface area is 769 Å². The quantitative estimate of drug-likeness (QED) is 0.0638. The number of carbonyl (C=O) groups excluding carboxylic acids is 4. The zero-order valence-corrected chi connectivity index (χ0v) is 84.6. The van der Waals surface area contributed by atoms with Crippen molar-refractivity contribution in [2.75, 3.05) is 0 Å². The predicted octanol–water partition coefficient (Wildman–Crippen LogP) is 26.8. The van der Waals surface area contributed by atoms with Crippen molar-refractivity contribution < 1.29 is 120 Å². The third-order valence-corrected chi connectivity index (χ3v) is 18.6. The van der Waals surface area contributed by atoms with E-state index in [0.717, 1.165) is 67.1 Å². The van der Waals surface area contributed by atoms with Gasteiger partial charge in [-0.25, -0.2) is 0 Å². The van der Waals surface area contributed by atoms with E-state index < -0.39 is 10.8 Å². The van der Waals surface area contributed by atoms with Crippen LogP contribution in [0.2, 0.25) is 0 Å². The van der Waals surface area contributed by atoms with Crippen molar-refractivity contribution in [1.82, 2.24) is 19.9 Å². The van der Waals surface area contributed by atoms with Crippen LogP contribution in [-0.2, 0) is 99.6 Å². The molecule has 644 valence electrons. The number of ketones is 4. The molecular weight excluding hydrogens is 2200 g/mol. The van der Waals surface area contributed by atoms with Crippen LogP contribution in [0.5, 0.6) is 0 Å². The number of aryl methyl sites for hydroxylation is 9. The van der Waals surface area contributed by atoms with Crippen molar-refractivity contribution in [1.29, 1.82) is 0 Å². The number of fused-ring (bicyclic) bond motifs is 4. The molecular formula is C104H120Ir4N4O8-4. The average Bonchev–Trinajstić information content (AvgIpc) is 0.804. The smallest absolute Gasteiger partial charge is 0.164 e. The van der Waals surface area contributed by atoms with Gasteiger partial charge < -0.3 is 20.4 Å². The number of pyridine rings is 4. The fourth-order valence-corrected chi connectivity index (χ4v) is 11.0. The van der Waals surface area contributed by atoms with E-state index in [1.165, 1.54) is 140 Å². The Morgan fingerprint density at radius 3 is 1.00 bits per heavy atom. The first-order valence-corrected chi connectivity index (χ1v) is 39.0. The third-order valence-electron chi connectivity index (χ3n) is 18.6. The van der Waals surface area contributed by atoms with Gasteiger partial charge in [0.2, 0.25) is 0 Å². The Hall–Kier alpha value is -9.16. The molecule has 12 aromatic rings. The van der Waals surface area contributed by atoms with E-state index in [-0.39, 0.29) is 137 Å². The van der Waals surface area contributed by atoms with Crippen LogP contribution in [0.4, 0.5) is 0 Å². The van der Waals surface area contributed by atoms with Crippen LogP contribution in [-0.4, -0.2) is 63.5 Å². The standard InChI is InChI=1S/2C19H18N.2C17H14N.2C11H20O2.2C5H8O2.4Ir/c1-12-5-9-18-16(11-12)7-10-19(20-18)17-8-6-13(2)14(3)15(17)4;1-12-5-7-18-16(9-12)6-8-19(20-18)17-10-13(2)15(4)14(3)11-17;1-12-4-3-5-14(10-12)17-9-7-15-11-13(2)6-8-16(15)18-17;1-12-7-9-16-14(11-12)8-10-17(18-16)15-6-4-3-5-13(15)2;2*1-10(2,3)8(12)7-9(13)11(4,5)6;2*1-4(6)3-5(2)7;;;;/h5-7,9-11H,1-4H3;5-10H,1-4H3;3-4,6-11H,1-2H3;3-5,7-11H,1-2H3;2*7,12H,1-6H3;2*3,6H,1-2H3;;;;/q4*-1;;;;;;;;. The van der Waals surface area contributed by atoms with E-state index >= 15 is 0 Å². The molecule has 0 spiro atoms. The number of aliphatic hydroxyl groups excluding tert-OH is 4. The van der Waals surface area contributed by atoms with Crippen LogP contribution < -0.4 is 0 Å². The van der Waals surface area contributed by atoms with Crippen LogP contribution in [0.3, 0.4) is 0 Å². The minimum atomic E-state index is -0.417. The minimum Gasteiger partial charge on any atom is -0.512 e. The third kappa shape index (κ3) is 35.5. The summed E-state index contributed by atoms with van der Waals surface area (Å²) in [5.74, 6) is 0.0831. The fourth-order valence-electron chi connectivity index (χ4n) is 11.0. The van der Waals surface area contributed by atoms with Crippen LogP contribution in [0.25, 0.3) is 88.6 Å². The summed E-state index contributed by atoms with van der Waals surface area (Å²) in [5.41, 5.74) is 26.1. The van der Waals surface area contributed by atoms with E-state index in [2.05, 4.69) is 253 Å². The molecule has 4 heterocycles. The molecule has 12 rings (SSSR count). The van der Waals surface area contributed by atoms with Gasteiger partial charge in [-0.2, -0.15) is 0 Å². The van der Waals surface area contributed by atoms with Crippen molar-refractivity contribution in [2.45, 2.75) is 194 Å². The molecule has 4 radical (unpaired) electrons. The first-order valence-electron chi connectivity index (χ1n) is 39.0. The molecule has 0 bridgehead atoms. The molecule has 0 atom stereocenters. The Bertz CT molecular complexity index is 5520. The Morgan fingerprint density at radius 2 is 0.675 bits per heavy atom. The summed E-state index contributed by atoms with van der Waals surface area (Å²) < 4.78 is 0. The maximum absolute atomic E-state index is 11.5. The zero-order chi connectivity index (χ0) is 87.1. The fraction of sp³-hybridized carbons (Fsp3) is 0.308. The minimum absolute atomic E-state index is 0. The molecule has 0 fully saturated rings. The second-order valence-corrected chi connectivity index (χ2v) is 33.9. The van der Waals surface area contributed by atoms with Gasteiger partial charge in [-0.15, -0.1) is 140 Å². The number of allylic oxidation sites excluding steroid dienone is 8. The topological polar surface area (TPSA) is 201 Å².